The van der Waals surface area contributed by atoms with Crippen LogP contribution in [0.5, 0.6) is 5.75 Å². The lowest BCUT2D eigenvalue weighted by Gasteiger charge is -2.26. The van der Waals surface area contributed by atoms with Crippen molar-refractivity contribution in [2.45, 2.75) is 32.9 Å². The number of ether oxygens (including phenoxy) is 2. The van der Waals surface area contributed by atoms with Crippen molar-refractivity contribution in [2.24, 2.45) is 0 Å². The minimum Gasteiger partial charge on any atom is -0.491 e. The molecule has 0 bridgehead atoms. The van der Waals surface area contributed by atoms with Gasteiger partial charge in [0.1, 0.15) is 18.0 Å². The molecule has 1 aromatic carbocycles. The molecule has 0 aliphatic carbocycles. The number of hydrogen-bond acceptors (Lipinski definition) is 5. The van der Waals surface area contributed by atoms with Crippen LogP contribution in [-0.4, -0.2) is 46.9 Å². The molecule has 0 saturated heterocycles. The van der Waals surface area contributed by atoms with Gasteiger partial charge in [0.15, 0.2) is 0 Å². The molecule has 21 heavy (non-hydrogen) atoms. The lowest BCUT2D eigenvalue weighted by molar-refractivity contribution is 0.0225. The van der Waals surface area contributed by atoms with Crippen LogP contribution in [0, 0.1) is 0 Å². The number of fused-ring (bicyclic) bond motifs is 1. The first kappa shape index (κ1) is 15.7. The van der Waals surface area contributed by atoms with E-state index in [1.165, 1.54) is 0 Å². The van der Waals surface area contributed by atoms with Gasteiger partial charge in [0.2, 0.25) is 0 Å². The highest BCUT2D eigenvalue weighted by atomic mass is 16.6. The topological polar surface area (TPSA) is 79.2 Å². The fraction of sp³-hybridized carbons (Fsp3) is 0.500. The fourth-order valence-electron chi connectivity index (χ4n) is 2.03. The van der Waals surface area contributed by atoms with Gasteiger partial charge in [-0.25, -0.2) is 4.79 Å². The molecule has 1 aliphatic heterocycles. The molecule has 0 unspecified atom stereocenters. The van der Waals surface area contributed by atoms with Crippen LogP contribution in [0.4, 0.5) is 4.79 Å². The summed E-state index contributed by atoms with van der Waals surface area (Å²) in [5.74, 6) is 0.562. The summed E-state index contributed by atoms with van der Waals surface area (Å²) in [7, 11) is -1.54. The van der Waals surface area contributed by atoms with Crippen molar-refractivity contribution in [1.82, 2.24) is 4.90 Å². The molecule has 1 amide bonds. The Kier molecular flexibility index (Phi) is 4.44. The van der Waals surface area contributed by atoms with E-state index in [2.05, 4.69) is 0 Å². The van der Waals surface area contributed by atoms with Gasteiger partial charge in [-0.15, -0.1) is 0 Å². The number of amides is 1. The van der Waals surface area contributed by atoms with E-state index < -0.39 is 12.7 Å². The van der Waals surface area contributed by atoms with Crippen molar-refractivity contribution < 1.29 is 24.3 Å². The van der Waals surface area contributed by atoms with Crippen LogP contribution >= 0.6 is 0 Å². The van der Waals surface area contributed by atoms with Crippen molar-refractivity contribution in [3.05, 3.63) is 23.8 Å². The van der Waals surface area contributed by atoms with E-state index in [1.807, 2.05) is 20.8 Å². The molecular weight excluding hydrogens is 273 g/mol. The summed E-state index contributed by atoms with van der Waals surface area (Å²) >= 11 is 0. The molecule has 0 radical (unpaired) electrons. The maximum Gasteiger partial charge on any atom is 0.488 e. The number of carbonyl (C=O) groups is 1. The lowest BCUT2D eigenvalue weighted by Crippen LogP contribution is -2.37. The van der Waals surface area contributed by atoms with Gasteiger partial charge in [-0.3, -0.25) is 0 Å². The Morgan fingerprint density at radius 3 is 2.71 bits per heavy atom. The fourth-order valence-corrected chi connectivity index (χ4v) is 2.03. The highest BCUT2D eigenvalue weighted by molar-refractivity contribution is 6.58. The molecule has 1 heterocycles. The standard InChI is InChI=1S/C14H20BNO5/c1-14(2,3)21-13(17)16-6-7-20-12-8-11(15(18)19)5-4-10(12)9-16/h4-5,8,18-19H,6-7,9H2,1-3H3. The van der Waals surface area contributed by atoms with Crippen molar-refractivity contribution >= 4 is 18.7 Å². The van der Waals surface area contributed by atoms with E-state index >= 15 is 0 Å². The van der Waals surface area contributed by atoms with Crippen molar-refractivity contribution in [1.29, 1.82) is 0 Å². The third kappa shape index (κ3) is 4.12. The number of nitrogens with zero attached hydrogens (tertiary/aromatic N) is 1. The van der Waals surface area contributed by atoms with E-state index in [-0.39, 0.29) is 6.09 Å². The molecule has 0 spiro atoms. The Labute approximate surface area is 124 Å². The Bertz CT molecular complexity index is 527. The maximum absolute atomic E-state index is 12.1. The third-order valence-corrected chi connectivity index (χ3v) is 3.02. The molecule has 0 aromatic heterocycles. The van der Waals surface area contributed by atoms with Crippen LogP contribution in [0.25, 0.3) is 0 Å². The van der Waals surface area contributed by atoms with E-state index in [4.69, 9.17) is 9.47 Å². The van der Waals surface area contributed by atoms with Crippen molar-refractivity contribution in [2.75, 3.05) is 13.2 Å². The van der Waals surface area contributed by atoms with E-state index in [9.17, 15) is 14.8 Å². The summed E-state index contributed by atoms with van der Waals surface area (Å²) in [6.07, 6.45) is -0.384. The number of rotatable bonds is 1. The van der Waals surface area contributed by atoms with Gasteiger partial charge < -0.3 is 24.4 Å². The van der Waals surface area contributed by atoms with Gasteiger partial charge in [0.05, 0.1) is 13.1 Å². The highest BCUT2D eigenvalue weighted by Crippen LogP contribution is 2.23. The Morgan fingerprint density at radius 1 is 1.38 bits per heavy atom. The maximum atomic E-state index is 12.1. The minimum atomic E-state index is -1.54. The molecule has 0 fully saturated rings. The zero-order valence-electron chi connectivity index (χ0n) is 12.5. The van der Waals surface area contributed by atoms with Gasteiger partial charge in [0, 0.05) is 5.56 Å². The summed E-state index contributed by atoms with van der Waals surface area (Å²) < 4.78 is 10.9. The number of benzene rings is 1. The normalized spacial score (nSPS) is 14.8. The van der Waals surface area contributed by atoms with E-state index in [0.717, 1.165) is 5.56 Å². The molecule has 1 aromatic rings. The Hall–Kier alpha value is -1.73. The molecule has 7 heteroatoms. The predicted octanol–water partition coefficient (Wildman–Crippen LogP) is 0.496. The Balaban J connectivity index is 2.16. The second kappa shape index (κ2) is 5.95. The van der Waals surface area contributed by atoms with Crippen LogP contribution < -0.4 is 10.2 Å². The van der Waals surface area contributed by atoms with Crippen LogP contribution in [0.3, 0.4) is 0 Å². The zero-order chi connectivity index (χ0) is 15.6. The molecule has 114 valence electrons. The molecule has 2 N–H and O–H groups in total. The smallest absolute Gasteiger partial charge is 0.488 e. The second-order valence-corrected chi connectivity index (χ2v) is 5.99. The van der Waals surface area contributed by atoms with Crippen LogP contribution in [0.2, 0.25) is 0 Å². The highest BCUT2D eigenvalue weighted by Gasteiger charge is 2.25. The number of carbonyl (C=O) groups excluding carboxylic acids is 1. The van der Waals surface area contributed by atoms with Crippen LogP contribution in [0.15, 0.2) is 18.2 Å². The molecule has 1 aliphatic rings. The predicted molar refractivity (Wildman–Crippen MR) is 78.4 cm³/mol. The summed E-state index contributed by atoms with van der Waals surface area (Å²) in [5, 5.41) is 18.4. The average Bonchev–Trinajstić information content (AvgIpc) is 2.57. The lowest BCUT2D eigenvalue weighted by atomic mass is 9.80. The van der Waals surface area contributed by atoms with Gasteiger partial charge in [-0.05, 0) is 32.3 Å². The first-order valence-corrected chi connectivity index (χ1v) is 6.86. The molecular formula is C14H20BNO5. The van der Waals surface area contributed by atoms with Gasteiger partial charge in [-0.2, -0.15) is 0 Å². The van der Waals surface area contributed by atoms with Crippen molar-refractivity contribution in [3.63, 3.8) is 0 Å². The van der Waals surface area contributed by atoms with E-state index in [1.54, 1.807) is 23.1 Å². The molecule has 0 atom stereocenters. The summed E-state index contributed by atoms with van der Waals surface area (Å²) in [5.41, 5.74) is 0.625. The van der Waals surface area contributed by atoms with E-state index in [0.29, 0.717) is 30.9 Å². The molecule has 6 nitrogen and oxygen atoms in total. The second-order valence-electron chi connectivity index (χ2n) is 5.99. The largest absolute Gasteiger partial charge is 0.491 e. The summed E-state index contributed by atoms with van der Waals surface area (Å²) in [6.45, 7) is 6.58. The van der Waals surface area contributed by atoms with Crippen LogP contribution in [0.1, 0.15) is 26.3 Å². The first-order chi connectivity index (χ1) is 9.76. The number of hydrogen-bond donors (Lipinski definition) is 2. The SMILES string of the molecule is CC(C)(C)OC(=O)N1CCOc2cc(B(O)O)ccc2C1. The summed E-state index contributed by atoms with van der Waals surface area (Å²) in [4.78, 5) is 13.7. The summed E-state index contributed by atoms with van der Waals surface area (Å²) in [6, 6.07) is 4.91. The average molecular weight is 293 g/mol. The van der Waals surface area contributed by atoms with Gasteiger partial charge in [0.25, 0.3) is 0 Å². The third-order valence-electron chi connectivity index (χ3n) is 3.02. The van der Waals surface area contributed by atoms with Crippen LogP contribution in [-0.2, 0) is 11.3 Å². The monoisotopic (exact) mass is 293 g/mol. The van der Waals surface area contributed by atoms with Gasteiger partial charge >= 0.3 is 13.2 Å². The quantitative estimate of drug-likeness (QED) is 0.737. The first-order valence-electron chi connectivity index (χ1n) is 6.86. The zero-order valence-corrected chi connectivity index (χ0v) is 12.5. The molecule has 2 rings (SSSR count). The minimum absolute atomic E-state index is 0.331. The van der Waals surface area contributed by atoms with Crippen molar-refractivity contribution in [3.8, 4) is 5.75 Å². The Morgan fingerprint density at radius 2 is 2.10 bits per heavy atom. The molecule has 0 saturated carbocycles. The van der Waals surface area contributed by atoms with Gasteiger partial charge in [-0.1, -0.05) is 12.1 Å².